The van der Waals surface area contributed by atoms with Crippen molar-refractivity contribution in [3.05, 3.63) is 53.3 Å². The molecule has 0 radical (unpaired) electrons. The average Bonchev–Trinajstić information content (AvgIpc) is 2.26. The maximum Gasteiger partial charge on any atom is 0.259 e. The predicted octanol–water partition coefficient (Wildman–Crippen LogP) is 2.80. The van der Waals surface area contributed by atoms with Gasteiger partial charge in [-0.2, -0.15) is 0 Å². The van der Waals surface area contributed by atoms with Gasteiger partial charge < -0.3 is 15.5 Å². The highest BCUT2D eigenvalue weighted by atomic mass is 19.1. The first-order chi connectivity index (χ1) is 8.95. The summed E-state index contributed by atoms with van der Waals surface area (Å²) < 4.78 is 13.2. The lowest BCUT2D eigenvalue weighted by atomic mass is 10.1. The highest BCUT2D eigenvalue weighted by molar-refractivity contribution is 6.06. The Morgan fingerprint density at radius 2 is 1.89 bits per heavy atom. The van der Waals surface area contributed by atoms with Crippen molar-refractivity contribution in [2.75, 3.05) is 5.32 Å². The van der Waals surface area contributed by atoms with Gasteiger partial charge >= 0.3 is 0 Å². The van der Waals surface area contributed by atoms with E-state index < -0.39 is 11.7 Å². The van der Waals surface area contributed by atoms with Gasteiger partial charge in [0.15, 0.2) is 0 Å². The molecule has 5 heteroatoms. The number of phenols is 2. The third-order valence-electron chi connectivity index (χ3n) is 2.53. The summed E-state index contributed by atoms with van der Waals surface area (Å²) in [6.07, 6.45) is 0. The van der Waals surface area contributed by atoms with Gasteiger partial charge in [0, 0.05) is 11.8 Å². The van der Waals surface area contributed by atoms with Crippen LogP contribution in [0.5, 0.6) is 11.5 Å². The van der Waals surface area contributed by atoms with E-state index in [4.69, 9.17) is 5.11 Å². The van der Waals surface area contributed by atoms with Gasteiger partial charge in [-0.25, -0.2) is 4.39 Å². The summed E-state index contributed by atoms with van der Waals surface area (Å²) in [5.41, 5.74) is 0.972. The minimum absolute atomic E-state index is 0.000265. The van der Waals surface area contributed by atoms with Crippen LogP contribution in [0.15, 0.2) is 36.4 Å². The van der Waals surface area contributed by atoms with Crippen molar-refractivity contribution in [2.24, 2.45) is 0 Å². The van der Waals surface area contributed by atoms with E-state index in [0.29, 0.717) is 11.3 Å². The van der Waals surface area contributed by atoms with Crippen LogP contribution >= 0.6 is 0 Å². The lowest BCUT2D eigenvalue weighted by Crippen LogP contribution is -2.12. The summed E-state index contributed by atoms with van der Waals surface area (Å²) in [5, 5.41) is 21.2. The first-order valence-corrected chi connectivity index (χ1v) is 5.56. The molecule has 0 aliphatic heterocycles. The number of phenolic OH excluding ortho intramolecular Hbond substituents is 2. The molecule has 0 spiro atoms. The Hall–Kier alpha value is -2.56. The van der Waals surface area contributed by atoms with Crippen molar-refractivity contribution >= 4 is 11.6 Å². The van der Waals surface area contributed by atoms with Crippen molar-refractivity contribution in [1.29, 1.82) is 0 Å². The fraction of sp³-hybridized carbons (Fsp3) is 0.0714. The maximum atomic E-state index is 13.2. The van der Waals surface area contributed by atoms with Crippen LogP contribution in [0.3, 0.4) is 0 Å². The van der Waals surface area contributed by atoms with Crippen molar-refractivity contribution in [1.82, 2.24) is 0 Å². The number of anilines is 1. The molecule has 0 fully saturated rings. The van der Waals surface area contributed by atoms with Crippen molar-refractivity contribution in [2.45, 2.75) is 6.92 Å². The van der Waals surface area contributed by atoms with E-state index >= 15 is 0 Å². The molecular weight excluding hydrogens is 249 g/mol. The molecule has 3 N–H and O–H groups in total. The molecule has 2 rings (SSSR count). The lowest BCUT2D eigenvalue weighted by molar-refractivity contribution is 0.102. The van der Waals surface area contributed by atoms with Crippen LogP contribution in [0.2, 0.25) is 0 Å². The van der Waals surface area contributed by atoms with E-state index in [2.05, 4.69) is 5.32 Å². The van der Waals surface area contributed by atoms with Crippen molar-refractivity contribution in [3.8, 4) is 11.5 Å². The van der Waals surface area contributed by atoms with Crippen LogP contribution in [0.25, 0.3) is 0 Å². The number of carbonyl (C=O) groups is 1. The number of rotatable bonds is 2. The largest absolute Gasteiger partial charge is 0.508 e. The Morgan fingerprint density at radius 3 is 2.53 bits per heavy atom. The van der Waals surface area contributed by atoms with Gasteiger partial charge in [-0.1, -0.05) is 0 Å². The SMILES string of the molecule is Cc1cc(F)cc(NC(=O)c2ccc(O)cc2O)c1. The minimum atomic E-state index is -0.581. The van der Waals surface area contributed by atoms with Gasteiger partial charge in [0.05, 0.1) is 5.56 Å². The van der Waals surface area contributed by atoms with E-state index in [1.54, 1.807) is 13.0 Å². The van der Waals surface area contributed by atoms with E-state index in [1.165, 1.54) is 24.3 Å². The molecule has 0 bridgehead atoms. The van der Waals surface area contributed by atoms with Gasteiger partial charge in [0.25, 0.3) is 5.91 Å². The van der Waals surface area contributed by atoms with E-state index in [0.717, 1.165) is 6.07 Å². The Labute approximate surface area is 109 Å². The van der Waals surface area contributed by atoms with Crippen LogP contribution in [0, 0.1) is 12.7 Å². The Bertz CT molecular complexity index is 620. The van der Waals surface area contributed by atoms with Crippen LogP contribution in [0.4, 0.5) is 10.1 Å². The topological polar surface area (TPSA) is 69.6 Å². The zero-order chi connectivity index (χ0) is 14.0. The number of nitrogens with one attached hydrogen (secondary N) is 1. The Balaban J connectivity index is 2.25. The fourth-order valence-corrected chi connectivity index (χ4v) is 1.72. The summed E-state index contributed by atoms with van der Waals surface area (Å²) >= 11 is 0. The smallest absolute Gasteiger partial charge is 0.259 e. The zero-order valence-corrected chi connectivity index (χ0v) is 10.1. The van der Waals surface area contributed by atoms with Gasteiger partial charge in [-0.05, 0) is 42.8 Å². The molecule has 4 nitrogen and oxygen atoms in total. The molecular formula is C14H12FNO3. The van der Waals surface area contributed by atoms with E-state index in [9.17, 15) is 14.3 Å². The Kier molecular flexibility index (Phi) is 3.37. The van der Waals surface area contributed by atoms with Crippen LogP contribution in [-0.4, -0.2) is 16.1 Å². The number of amides is 1. The number of hydrogen-bond acceptors (Lipinski definition) is 3. The molecule has 2 aromatic rings. The molecule has 0 saturated heterocycles. The molecule has 0 atom stereocenters. The maximum absolute atomic E-state index is 13.2. The minimum Gasteiger partial charge on any atom is -0.508 e. The Morgan fingerprint density at radius 1 is 1.16 bits per heavy atom. The zero-order valence-electron chi connectivity index (χ0n) is 10.1. The highest BCUT2D eigenvalue weighted by Gasteiger charge is 2.12. The quantitative estimate of drug-likeness (QED) is 0.778. The van der Waals surface area contributed by atoms with Crippen LogP contribution < -0.4 is 5.32 Å². The summed E-state index contributed by atoms with van der Waals surface area (Å²) in [7, 11) is 0. The number of hydrogen-bond donors (Lipinski definition) is 3. The molecule has 0 unspecified atom stereocenters. The molecule has 2 aromatic carbocycles. The monoisotopic (exact) mass is 261 g/mol. The highest BCUT2D eigenvalue weighted by Crippen LogP contribution is 2.23. The summed E-state index contributed by atoms with van der Waals surface area (Å²) in [6, 6.07) is 7.76. The second-order valence-corrected chi connectivity index (χ2v) is 4.17. The molecule has 19 heavy (non-hydrogen) atoms. The lowest BCUT2D eigenvalue weighted by Gasteiger charge is -2.08. The second kappa shape index (κ2) is 4.97. The summed E-state index contributed by atoms with van der Waals surface area (Å²) in [4.78, 5) is 11.9. The third kappa shape index (κ3) is 3.01. The molecule has 0 aliphatic rings. The second-order valence-electron chi connectivity index (χ2n) is 4.17. The number of benzene rings is 2. The van der Waals surface area contributed by atoms with Crippen LogP contribution in [-0.2, 0) is 0 Å². The summed E-state index contributed by atoms with van der Waals surface area (Å²) in [5.74, 6) is -1.52. The molecule has 1 amide bonds. The standard InChI is InChI=1S/C14H12FNO3/c1-8-4-9(15)6-10(5-8)16-14(19)12-3-2-11(17)7-13(12)18/h2-7,17-18H,1H3,(H,16,19). The van der Waals surface area contributed by atoms with E-state index in [1.807, 2.05) is 0 Å². The number of carbonyl (C=O) groups excluding carboxylic acids is 1. The molecule has 0 saturated carbocycles. The predicted molar refractivity (Wildman–Crippen MR) is 68.9 cm³/mol. The average molecular weight is 261 g/mol. The third-order valence-corrected chi connectivity index (χ3v) is 2.53. The van der Waals surface area contributed by atoms with Gasteiger partial charge in [0.1, 0.15) is 17.3 Å². The normalized spacial score (nSPS) is 10.2. The van der Waals surface area contributed by atoms with Gasteiger partial charge in [-0.15, -0.1) is 0 Å². The first kappa shape index (κ1) is 12.9. The fourth-order valence-electron chi connectivity index (χ4n) is 1.72. The first-order valence-electron chi connectivity index (χ1n) is 5.56. The van der Waals surface area contributed by atoms with Gasteiger partial charge in [0.2, 0.25) is 0 Å². The summed E-state index contributed by atoms with van der Waals surface area (Å²) in [6.45, 7) is 1.71. The number of halogens is 1. The number of aromatic hydroxyl groups is 2. The molecule has 0 aliphatic carbocycles. The van der Waals surface area contributed by atoms with E-state index in [-0.39, 0.29) is 17.1 Å². The van der Waals surface area contributed by atoms with Crippen molar-refractivity contribution < 1.29 is 19.4 Å². The van der Waals surface area contributed by atoms with Crippen LogP contribution in [0.1, 0.15) is 15.9 Å². The van der Waals surface area contributed by atoms with Crippen molar-refractivity contribution in [3.63, 3.8) is 0 Å². The number of aryl methyl sites for hydroxylation is 1. The molecule has 98 valence electrons. The molecule has 0 heterocycles. The van der Waals surface area contributed by atoms with Gasteiger partial charge in [-0.3, -0.25) is 4.79 Å². The molecule has 0 aromatic heterocycles.